The van der Waals surface area contributed by atoms with Gasteiger partial charge in [0, 0.05) is 115 Å². The predicted octanol–water partition coefficient (Wildman–Crippen LogP) is 3.67. The highest BCUT2D eigenvalue weighted by Crippen LogP contribution is 2.34. The van der Waals surface area contributed by atoms with Gasteiger partial charge in [0.2, 0.25) is 35.4 Å². The molecule has 0 aliphatic carbocycles. The summed E-state index contributed by atoms with van der Waals surface area (Å²) >= 11 is 1.06. The molecule has 1 aromatic heterocycles. The minimum atomic E-state index is -1.17. The number of amides is 9. The number of anilines is 1. The van der Waals surface area contributed by atoms with Crippen LogP contribution in [-0.4, -0.2) is 231 Å². The topological polar surface area (TPSA) is 420 Å². The molecule has 1 aliphatic heterocycles. The summed E-state index contributed by atoms with van der Waals surface area (Å²) in [6.45, 7) is 18.5. The molecule has 31 nitrogen and oxygen atoms in total. The number of ketones is 1. The molecule has 0 spiro atoms. The molecule has 32 heteroatoms. The van der Waals surface area contributed by atoms with Crippen LogP contribution in [-0.2, 0) is 92.4 Å². The van der Waals surface area contributed by atoms with Crippen LogP contribution in [0.4, 0.5) is 5.69 Å². The quantitative estimate of drug-likeness (QED) is 0.0203. The van der Waals surface area contributed by atoms with Crippen LogP contribution in [0.15, 0.2) is 35.7 Å². The van der Waals surface area contributed by atoms with Crippen molar-refractivity contribution in [3.8, 4) is 5.75 Å². The maximum absolute atomic E-state index is 14.5. The Morgan fingerprint density at radius 1 is 0.733 bits per heavy atom. The molecule has 101 heavy (non-hydrogen) atoms. The zero-order chi connectivity index (χ0) is 75.8. The number of aromatic hydroxyl groups is 1. The number of carbonyl (C=O) groups excluding carboxylic acids is 13. The maximum atomic E-state index is 14.5. The van der Waals surface area contributed by atoms with Crippen molar-refractivity contribution in [2.45, 2.75) is 169 Å². The normalized spacial score (nSPS) is 14.1. The second kappa shape index (κ2) is 47.7. The zero-order valence-electron chi connectivity index (χ0n) is 60.4. The van der Waals surface area contributed by atoms with Gasteiger partial charge in [0.1, 0.15) is 22.5 Å². The average molecular weight is 1440 g/mol. The number of thiazole rings is 1. The van der Waals surface area contributed by atoms with Crippen LogP contribution in [0.2, 0.25) is 0 Å². The summed E-state index contributed by atoms with van der Waals surface area (Å²) in [5, 5.41) is 39.3. The molecular weight excluding hydrogens is 1340 g/mol. The molecule has 1 aliphatic rings. The first-order valence-electron chi connectivity index (χ1n) is 33.9. The van der Waals surface area contributed by atoms with Gasteiger partial charge in [-0.15, -0.1) is 11.3 Å². The molecule has 0 saturated carbocycles. The van der Waals surface area contributed by atoms with Gasteiger partial charge in [-0.05, 0) is 96.0 Å². The van der Waals surface area contributed by atoms with Gasteiger partial charge < -0.3 is 70.7 Å². The predicted molar refractivity (Wildman–Crippen MR) is 369 cm³/mol. The van der Waals surface area contributed by atoms with Crippen LogP contribution in [0, 0.1) is 23.7 Å². The lowest BCUT2D eigenvalue weighted by atomic mass is 9.81. The Hall–Kier alpha value is -8.39. The molecule has 1 aromatic carbocycles. The molecule has 0 radical (unpaired) electrons. The van der Waals surface area contributed by atoms with Crippen LogP contribution in [0.25, 0.3) is 0 Å². The third-order valence-corrected chi connectivity index (χ3v) is 17.9. The van der Waals surface area contributed by atoms with Crippen molar-refractivity contribution < 1.29 is 101 Å². The largest absolute Gasteiger partial charge is 0.506 e. The van der Waals surface area contributed by atoms with Crippen molar-refractivity contribution in [1.82, 2.24) is 46.3 Å². The molecule has 0 fully saturated rings. The van der Waals surface area contributed by atoms with Gasteiger partial charge in [0.05, 0.1) is 70.0 Å². The lowest BCUT2D eigenvalue weighted by molar-refractivity contribution is -0.192. The molecule has 0 bridgehead atoms. The number of aromatic nitrogens is 1. The van der Waals surface area contributed by atoms with E-state index < -0.39 is 83.1 Å². The van der Waals surface area contributed by atoms with Gasteiger partial charge in [-0.1, -0.05) is 47.1 Å². The number of ether oxygens (including phenoxy) is 5. The van der Waals surface area contributed by atoms with Crippen LogP contribution in [0.5, 0.6) is 5.75 Å². The van der Waals surface area contributed by atoms with Crippen molar-refractivity contribution in [2.24, 2.45) is 23.7 Å². The first-order chi connectivity index (χ1) is 47.8. The number of carbonyl (C=O) groups is 12. The maximum Gasteiger partial charge on any atom is 0.373 e. The smallest absolute Gasteiger partial charge is 0.373 e. The number of unbranched alkanes of at least 4 members (excludes halogenated alkanes) is 1. The van der Waals surface area contributed by atoms with E-state index in [1.54, 1.807) is 11.9 Å². The average Bonchev–Trinajstić information content (AvgIpc) is 1.40. The molecular formula is C69H106N10O21S. The van der Waals surface area contributed by atoms with Gasteiger partial charge >= 0.3 is 18.1 Å². The number of likely N-dealkylation sites (N-methyl/N-ethyl adjacent to an activating group) is 1. The standard InChI is InChI=1S/C68H106N10O19S.CO2/c1-13-44(4)50(40-57(82)68(8,9)76(10)11)66(90)77(12)54(43(2)3)41-56(97-47(7)80)65-75-53(42-98-65)64(89)72-49(37-45(5)67(91)92)38-48-19-20-55(81)52(39-48)74-63(88)51(73-60(85)18-16-28-78-61(86)21-22-62(78)87)17-14-15-25-70-58(83)23-29-93-34-36-96-32-27-71-59(84)24-30-94-33-35-95-31-26-69-46(6)79;2-1-3/h19-22,39,42-45,49-51,54,56,81H,13-18,23-38,40-41H2,1-12H3,(H,69,79)(H,70,83)(H,71,84)(H,72,89)(H,73,85)(H,74,88)(H,91,92);/t44-,45?,49+,50-,51-,54+,56+;/m0./s1. The van der Waals surface area contributed by atoms with Crippen molar-refractivity contribution >= 4 is 94.1 Å². The van der Waals surface area contributed by atoms with Crippen molar-refractivity contribution in [3.63, 3.8) is 0 Å². The number of carboxylic acids is 1. The van der Waals surface area contributed by atoms with Gasteiger partial charge in [0.15, 0.2) is 11.9 Å². The lowest BCUT2D eigenvalue weighted by Crippen LogP contribution is -2.50. The molecule has 3 rings (SSSR count). The highest BCUT2D eigenvalue weighted by Gasteiger charge is 2.39. The number of hydrogen-bond acceptors (Lipinski definition) is 23. The number of hydrogen-bond donors (Lipinski definition) is 8. The van der Waals surface area contributed by atoms with E-state index >= 15 is 0 Å². The van der Waals surface area contributed by atoms with Crippen LogP contribution in [0.3, 0.4) is 0 Å². The van der Waals surface area contributed by atoms with Gasteiger partial charge in [-0.2, -0.15) is 9.59 Å². The van der Waals surface area contributed by atoms with Gasteiger partial charge in [-0.25, -0.2) is 4.98 Å². The van der Waals surface area contributed by atoms with Gasteiger partial charge in [-0.3, -0.25) is 67.3 Å². The summed E-state index contributed by atoms with van der Waals surface area (Å²) in [4.78, 5) is 180. The second-order valence-corrected chi connectivity index (χ2v) is 26.4. The number of benzene rings is 1. The summed E-state index contributed by atoms with van der Waals surface area (Å²) in [5.41, 5.74) is -0.472. The molecule has 1 unspecified atom stereocenters. The van der Waals surface area contributed by atoms with E-state index in [0.29, 0.717) is 51.2 Å². The number of esters is 1. The molecule has 2 heterocycles. The van der Waals surface area contributed by atoms with E-state index in [1.807, 2.05) is 60.5 Å². The highest BCUT2D eigenvalue weighted by atomic mass is 32.1. The lowest BCUT2D eigenvalue weighted by Gasteiger charge is -2.38. The molecule has 2 aromatic rings. The van der Waals surface area contributed by atoms with E-state index in [4.69, 9.17) is 33.3 Å². The number of phenolic OH excluding ortho intramolecular Hbond substituents is 1. The number of nitrogens with zero attached hydrogens (tertiary/aromatic N) is 4. The summed E-state index contributed by atoms with van der Waals surface area (Å²) in [6, 6.07) is 1.77. The Morgan fingerprint density at radius 2 is 1.31 bits per heavy atom. The SMILES string of the molecule is CC[C@H](C)[C@H](CC(=O)C(C)(C)N(C)C)C(=O)N(C)[C@H](C[C@@H](OC(C)=O)c1nc(C(=O)N[C@@H](Cc2ccc(O)c(NC(=O)[C@H](CCCCNC(=O)CCOCCOCCNC(=O)CCOCCOCCNC(C)=O)NC(=O)CCCN3C(=O)C=CC3=O)c2)CC(C)C(=O)O)cs1)C(C)C.O=C=O. The van der Waals surface area contributed by atoms with Crippen LogP contribution >= 0.6 is 11.3 Å². The molecule has 7 atom stereocenters. The highest BCUT2D eigenvalue weighted by molar-refractivity contribution is 7.09. The summed E-state index contributed by atoms with van der Waals surface area (Å²) in [6.07, 6.45) is 3.23. The fourth-order valence-corrected chi connectivity index (χ4v) is 11.1. The minimum absolute atomic E-state index is 0.0000830. The number of Topliss-reactive ketones (excluding diaryl/α,β-unsaturated/α-hetero) is 1. The number of rotatable bonds is 50. The van der Waals surface area contributed by atoms with Crippen molar-refractivity contribution in [2.75, 3.05) is 105 Å². The Balaban J connectivity index is 0.0000113. The zero-order valence-corrected chi connectivity index (χ0v) is 61.2. The Morgan fingerprint density at radius 3 is 1.85 bits per heavy atom. The van der Waals surface area contributed by atoms with Crippen molar-refractivity contribution in [3.05, 3.63) is 52.0 Å². The van der Waals surface area contributed by atoms with E-state index in [0.717, 1.165) is 28.4 Å². The molecule has 564 valence electrons. The third-order valence-electron chi connectivity index (χ3n) is 16.9. The number of carboxylic acid groups (broad SMARTS) is 1. The van der Waals surface area contributed by atoms with E-state index in [9.17, 15) is 67.7 Å². The Bertz CT molecular complexity index is 3080. The summed E-state index contributed by atoms with van der Waals surface area (Å²) < 4.78 is 27.5. The number of imide groups is 1. The minimum Gasteiger partial charge on any atom is -0.506 e. The fourth-order valence-electron chi connectivity index (χ4n) is 10.3. The number of nitrogens with one attached hydrogen (secondary N) is 6. The summed E-state index contributed by atoms with van der Waals surface area (Å²) in [7, 11) is 5.31. The van der Waals surface area contributed by atoms with Crippen LogP contribution < -0.4 is 31.9 Å². The van der Waals surface area contributed by atoms with E-state index in [1.165, 1.54) is 44.4 Å². The molecule has 0 saturated heterocycles. The monoisotopic (exact) mass is 1440 g/mol. The number of aliphatic carboxylic acids is 1. The first kappa shape index (κ1) is 88.7. The van der Waals surface area contributed by atoms with E-state index in [2.05, 4.69) is 36.9 Å². The molecule has 8 N–H and O–H groups in total. The third kappa shape index (κ3) is 34.2. The van der Waals surface area contributed by atoms with Crippen LogP contribution in [0.1, 0.15) is 160 Å². The van der Waals surface area contributed by atoms with E-state index in [-0.39, 0.29) is 180 Å². The van der Waals surface area contributed by atoms with Crippen molar-refractivity contribution in [1.29, 1.82) is 0 Å². The Labute approximate surface area is 595 Å². The van der Waals surface area contributed by atoms with Gasteiger partial charge in [0.25, 0.3) is 17.7 Å². The first-order valence-corrected chi connectivity index (χ1v) is 34.8. The number of phenols is 1. The fraction of sp³-hybridized carbons (Fsp3) is 0.652. The molecule has 9 amide bonds. The summed E-state index contributed by atoms with van der Waals surface area (Å²) in [5.74, 6) is -7.84. The Kier molecular flexibility index (Phi) is 41.9. The second-order valence-electron chi connectivity index (χ2n) is 25.5.